The summed E-state index contributed by atoms with van der Waals surface area (Å²) in [5, 5.41) is 0. The minimum atomic E-state index is -0.541. The number of ether oxygens (including phenoxy) is 2. The van der Waals surface area contributed by atoms with Crippen LogP contribution in [0, 0.1) is 23.6 Å². The van der Waals surface area contributed by atoms with E-state index in [9.17, 15) is 14.0 Å². The van der Waals surface area contributed by atoms with E-state index in [0.717, 1.165) is 31.2 Å². The van der Waals surface area contributed by atoms with Gasteiger partial charge in [0.2, 0.25) is 0 Å². The quantitative estimate of drug-likeness (QED) is 0.757. The number of hydrogen-bond donors (Lipinski definition) is 0. The van der Waals surface area contributed by atoms with E-state index in [0.29, 0.717) is 30.6 Å². The number of amides is 1. The van der Waals surface area contributed by atoms with Crippen LogP contribution >= 0.6 is 0 Å². The zero-order valence-electron chi connectivity index (χ0n) is 17.5. The number of fused-ring (bicyclic) bond motifs is 1. The summed E-state index contributed by atoms with van der Waals surface area (Å²) in [4.78, 5) is 28.8. The molecule has 3 aliphatic heterocycles. The molecule has 0 bridgehead atoms. The van der Waals surface area contributed by atoms with Gasteiger partial charge in [-0.25, -0.2) is 4.39 Å². The molecule has 160 valence electrons. The van der Waals surface area contributed by atoms with Gasteiger partial charge < -0.3 is 14.4 Å². The van der Waals surface area contributed by atoms with Crippen molar-refractivity contribution in [3.05, 3.63) is 47.0 Å². The van der Waals surface area contributed by atoms with E-state index >= 15 is 0 Å². The van der Waals surface area contributed by atoms with Gasteiger partial charge >= 0.3 is 0 Å². The third-order valence-corrected chi connectivity index (χ3v) is 7.42. The monoisotopic (exact) mass is 413 g/mol. The van der Waals surface area contributed by atoms with Gasteiger partial charge in [-0.15, -0.1) is 0 Å². The van der Waals surface area contributed by atoms with Gasteiger partial charge in [0, 0.05) is 13.2 Å². The van der Waals surface area contributed by atoms with E-state index < -0.39 is 6.04 Å². The predicted octanol–water partition coefficient (Wildman–Crippen LogP) is 3.79. The molecule has 0 N–H and O–H groups in total. The Morgan fingerprint density at radius 2 is 1.83 bits per heavy atom. The molecule has 6 unspecified atom stereocenters. The van der Waals surface area contributed by atoms with E-state index in [-0.39, 0.29) is 41.4 Å². The third-order valence-electron chi connectivity index (χ3n) is 7.42. The second-order valence-electron chi connectivity index (χ2n) is 9.34. The fourth-order valence-corrected chi connectivity index (χ4v) is 5.50. The van der Waals surface area contributed by atoms with Crippen molar-refractivity contribution < 1.29 is 23.5 Å². The highest BCUT2D eigenvalue weighted by Gasteiger charge is 2.53. The lowest BCUT2D eigenvalue weighted by Gasteiger charge is -2.40. The number of halogens is 1. The van der Waals surface area contributed by atoms with Crippen molar-refractivity contribution in [3.8, 4) is 0 Å². The Labute approximate surface area is 176 Å². The van der Waals surface area contributed by atoms with Crippen LogP contribution in [0.4, 0.5) is 4.39 Å². The zero-order valence-corrected chi connectivity index (χ0v) is 17.5. The van der Waals surface area contributed by atoms with E-state index in [1.54, 1.807) is 17.0 Å². The highest BCUT2D eigenvalue weighted by molar-refractivity contribution is 6.11. The Balaban J connectivity index is 1.54. The fraction of sp³-hybridized carbons (Fsp3) is 0.583. The van der Waals surface area contributed by atoms with Gasteiger partial charge in [-0.3, -0.25) is 9.59 Å². The number of Topliss-reactive ketones (excluding diaryl/α,β-unsaturated/α-hetero) is 1. The first-order valence-electron chi connectivity index (χ1n) is 11.1. The lowest BCUT2D eigenvalue weighted by Crippen LogP contribution is -2.43. The summed E-state index contributed by atoms with van der Waals surface area (Å²) in [6.45, 7) is 5.46. The van der Waals surface area contributed by atoms with Crippen LogP contribution in [0.15, 0.2) is 35.6 Å². The smallest absolute Gasteiger partial charge is 0.290 e. The molecule has 1 aromatic carbocycles. The van der Waals surface area contributed by atoms with Crippen molar-refractivity contribution >= 4 is 11.7 Å². The van der Waals surface area contributed by atoms with Crippen molar-refractivity contribution in [3.63, 3.8) is 0 Å². The minimum Gasteiger partial charge on any atom is -0.483 e. The SMILES string of the molecule is CC1CC2OC3=C(C(=O)C2CC1C)C(c1ccc(F)cc1)N(CC1CCCO1)C3=O. The maximum absolute atomic E-state index is 13.7. The Bertz CT molecular complexity index is 889. The van der Waals surface area contributed by atoms with Crippen molar-refractivity contribution in [1.29, 1.82) is 0 Å². The van der Waals surface area contributed by atoms with Crippen LogP contribution in [0.2, 0.25) is 0 Å². The average molecular weight is 413 g/mol. The van der Waals surface area contributed by atoms with E-state index in [2.05, 4.69) is 13.8 Å². The second kappa shape index (κ2) is 7.49. The Kier molecular flexibility index (Phi) is 4.92. The van der Waals surface area contributed by atoms with Gasteiger partial charge in [0.05, 0.1) is 23.6 Å². The summed E-state index contributed by atoms with van der Waals surface area (Å²) >= 11 is 0. The van der Waals surface area contributed by atoms with Crippen molar-refractivity contribution in [2.24, 2.45) is 17.8 Å². The molecule has 6 atom stereocenters. The molecular weight excluding hydrogens is 385 g/mol. The lowest BCUT2D eigenvalue weighted by atomic mass is 9.70. The summed E-state index contributed by atoms with van der Waals surface area (Å²) in [7, 11) is 0. The molecule has 1 amide bonds. The summed E-state index contributed by atoms with van der Waals surface area (Å²) in [5.41, 5.74) is 1.19. The minimum absolute atomic E-state index is 0.0255. The summed E-state index contributed by atoms with van der Waals surface area (Å²) in [6, 6.07) is 5.54. The standard InChI is InChI=1S/C24H28FNO4/c1-13-10-18-19(11-14(13)2)30-23-20(22(18)27)21(15-5-7-16(25)8-6-15)26(24(23)28)12-17-4-3-9-29-17/h5-8,13-14,17-19,21H,3-4,9-12H2,1-2H3. The summed E-state index contributed by atoms with van der Waals surface area (Å²) in [5.74, 6) is 0.317. The van der Waals surface area contributed by atoms with Crippen LogP contribution in [-0.4, -0.2) is 41.9 Å². The number of nitrogens with zero attached hydrogens (tertiary/aromatic N) is 1. The van der Waals surface area contributed by atoms with Crippen LogP contribution in [0.3, 0.4) is 0 Å². The molecule has 1 aliphatic carbocycles. The Morgan fingerprint density at radius 1 is 1.10 bits per heavy atom. The largest absolute Gasteiger partial charge is 0.483 e. The molecule has 3 heterocycles. The molecule has 0 aromatic heterocycles. The molecule has 0 spiro atoms. The highest BCUT2D eigenvalue weighted by Crippen LogP contribution is 2.48. The molecule has 1 saturated carbocycles. The number of ketones is 1. The fourth-order valence-electron chi connectivity index (χ4n) is 5.50. The normalized spacial score (nSPS) is 36.0. The number of hydrogen-bond acceptors (Lipinski definition) is 4. The molecule has 5 nitrogen and oxygen atoms in total. The topological polar surface area (TPSA) is 55.8 Å². The Hall–Kier alpha value is -2.21. The van der Waals surface area contributed by atoms with Gasteiger partial charge in [0.25, 0.3) is 5.91 Å². The van der Waals surface area contributed by atoms with Crippen molar-refractivity contribution in [2.45, 2.75) is 57.8 Å². The van der Waals surface area contributed by atoms with Crippen LogP contribution in [0.25, 0.3) is 0 Å². The van der Waals surface area contributed by atoms with E-state index in [4.69, 9.17) is 9.47 Å². The average Bonchev–Trinajstić information content (AvgIpc) is 3.33. The Morgan fingerprint density at radius 3 is 2.53 bits per heavy atom. The summed E-state index contributed by atoms with van der Waals surface area (Å²) in [6.07, 6.45) is 3.14. The molecule has 2 fully saturated rings. The highest BCUT2D eigenvalue weighted by atomic mass is 19.1. The van der Waals surface area contributed by atoms with Crippen LogP contribution in [-0.2, 0) is 19.1 Å². The zero-order chi connectivity index (χ0) is 21.0. The van der Waals surface area contributed by atoms with Crippen molar-refractivity contribution in [2.75, 3.05) is 13.2 Å². The van der Waals surface area contributed by atoms with Gasteiger partial charge in [-0.05, 0) is 55.2 Å². The molecule has 5 rings (SSSR count). The number of carbonyl (C=O) groups is 2. The molecule has 4 aliphatic rings. The maximum Gasteiger partial charge on any atom is 0.290 e. The number of carbonyl (C=O) groups excluding carboxylic acids is 2. The second-order valence-corrected chi connectivity index (χ2v) is 9.34. The molecule has 1 saturated heterocycles. The van der Waals surface area contributed by atoms with Crippen LogP contribution in [0.5, 0.6) is 0 Å². The van der Waals surface area contributed by atoms with E-state index in [1.165, 1.54) is 12.1 Å². The van der Waals surface area contributed by atoms with E-state index in [1.807, 2.05) is 0 Å². The molecule has 30 heavy (non-hydrogen) atoms. The molecule has 0 radical (unpaired) electrons. The maximum atomic E-state index is 13.7. The van der Waals surface area contributed by atoms with Gasteiger partial charge in [-0.2, -0.15) is 0 Å². The first-order valence-corrected chi connectivity index (χ1v) is 11.1. The van der Waals surface area contributed by atoms with Crippen LogP contribution < -0.4 is 0 Å². The van der Waals surface area contributed by atoms with Crippen molar-refractivity contribution in [1.82, 2.24) is 4.90 Å². The van der Waals surface area contributed by atoms with Gasteiger partial charge in [0.15, 0.2) is 11.5 Å². The first kappa shape index (κ1) is 19.7. The summed E-state index contributed by atoms with van der Waals surface area (Å²) < 4.78 is 25.6. The van der Waals surface area contributed by atoms with Gasteiger partial charge in [0.1, 0.15) is 11.9 Å². The lowest BCUT2D eigenvalue weighted by molar-refractivity contribution is -0.138. The number of benzene rings is 1. The predicted molar refractivity (Wildman–Crippen MR) is 108 cm³/mol. The van der Waals surface area contributed by atoms with Crippen LogP contribution in [0.1, 0.15) is 51.1 Å². The molecule has 1 aromatic rings. The van der Waals surface area contributed by atoms with Gasteiger partial charge in [-0.1, -0.05) is 26.0 Å². The molecule has 6 heteroatoms. The first-order chi connectivity index (χ1) is 14.4. The third kappa shape index (κ3) is 3.16. The number of rotatable bonds is 3. The molecular formula is C24H28FNO4.